The molecule has 8 heteroatoms. The molecule has 0 bridgehead atoms. The molecular weight excluding hydrogens is 304 g/mol. The van der Waals surface area contributed by atoms with Gasteiger partial charge in [-0.1, -0.05) is 0 Å². The normalized spacial score (nSPS) is 10.1. The third-order valence-corrected chi connectivity index (χ3v) is 3.93. The molecule has 0 saturated heterocycles. The van der Waals surface area contributed by atoms with Gasteiger partial charge >= 0.3 is 6.09 Å². The number of carbonyl (C=O) groups excluding carboxylic acids is 2. The fourth-order valence-electron chi connectivity index (χ4n) is 1.69. The quantitative estimate of drug-likeness (QED) is 0.877. The molecule has 2 aromatic rings. The molecule has 0 fully saturated rings. The zero-order chi connectivity index (χ0) is 16.1. The Morgan fingerprint density at radius 3 is 2.86 bits per heavy atom. The molecule has 2 rings (SSSR count). The number of nitrogens with one attached hydrogen (secondary N) is 1. The van der Waals surface area contributed by atoms with Crippen molar-refractivity contribution in [1.29, 1.82) is 0 Å². The average Bonchev–Trinajstić information content (AvgIpc) is 2.90. The topological polar surface area (TPSA) is 84.4 Å². The number of hydrogen-bond acceptors (Lipinski definition) is 6. The third-order valence-electron chi connectivity index (χ3n) is 2.72. The van der Waals surface area contributed by atoms with Gasteiger partial charge in [-0.2, -0.15) is 0 Å². The Hall–Kier alpha value is -2.48. The lowest BCUT2D eigenvalue weighted by Crippen LogP contribution is -2.43. The van der Waals surface area contributed by atoms with E-state index in [0.717, 1.165) is 10.6 Å². The highest BCUT2D eigenvalue weighted by atomic mass is 32.1. The fourth-order valence-corrected chi connectivity index (χ4v) is 2.64. The minimum Gasteiger partial charge on any atom is -0.449 e. The Morgan fingerprint density at radius 2 is 2.23 bits per heavy atom. The molecule has 2 amide bonds. The van der Waals surface area contributed by atoms with Gasteiger partial charge < -0.3 is 4.74 Å². The maximum atomic E-state index is 12.2. The second-order valence-electron chi connectivity index (χ2n) is 4.37. The van der Waals surface area contributed by atoms with Crippen LogP contribution in [0, 0.1) is 6.92 Å². The summed E-state index contributed by atoms with van der Waals surface area (Å²) in [5, 5.41) is 1.71. The van der Waals surface area contributed by atoms with Crippen LogP contribution in [0.3, 0.4) is 0 Å². The van der Waals surface area contributed by atoms with Gasteiger partial charge in [0.25, 0.3) is 5.91 Å². The Kier molecular flexibility index (Phi) is 5.05. The molecular formula is C14H16N4O3S. The second-order valence-corrected chi connectivity index (χ2v) is 5.37. The van der Waals surface area contributed by atoms with Gasteiger partial charge in [-0.25, -0.2) is 14.8 Å². The summed E-state index contributed by atoms with van der Waals surface area (Å²) in [5.74, 6) is -0.402. The molecule has 0 aliphatic carbocycles. The SMILES string of the molecule is CCOC(=O)N(C)NC(=O)c1sc(-c2cccnc2)nc1C. The number of ether oxygens (including phenoxy) is 1. The fraction of sp³-hybridized carbons (Fsp3) is 0.286. The van der Waals surface area contributed by atoms with Gasteiger partial charge in [0.05, 0.1) is 12.3 Å². The van der Waals surface area contributed by atoms with Crippen LogP contribution in [0.5, 0.6) is 0 Å². The molecule has 22 heavy (non-hydrogen) atoms. The van der Waals surface area contributed by atoms with Gasteiger partial charge in [0, 0.05) is 25.0 Å². The Bertz CT molecular complexity index is 672. The maximum absolute atomic E-state index is 12.2. The monoisotopic (exact) mass is 320 g/mol. The van der Waals surface area contributed by atoms with Crippen LogP contribution in [-0.4, -0.2) is 40.6 Å². The predicted molar refractivity (Wildman–Crippen MR) is 82.3 cm³/mol. The van der Waals surface area contributed by atoms with Gasteiger partial charge in [0.15, 0.2) is 0 Å². The standard InChI is InChI=1S/C14H16N4O3S/c1-4-21-14(20)18(3)17-12(19)11-9(2)16-13(22-11)10-6-5-7-15-8-10/h5-8H,4H2,1-3H3,(H,17,19). The highest BCUT2D eigenvalue weighted by Gasteiger charge is 2.19. The molecule has 7 nitrogen and oxygen atoms in total. The molecule has 0 atom stereocenters. The van der Waals surface area contributed by atoms with Crippen LogP contribution in [0.2, 0.25) is 0 Å². The van der Waals surface area contributed by atoms with Crippen molar-refractivity contribution in [2.75, 3.05) is 13.7 Å². The Morgan fingerprint density at radius 1 is 1.45 bits per heavy atom. The molecule has 116 valence electrons. The summed E-state index contributed by atoms with van der Waals surface area (Å²) in [6.07, 6.45) is 2.74. The van der Waals surface area contributed by atoms with Crippen LogP contribution in [0.25, 0.3) is 10.6 Å². The molecule has 0 spiro atoms. The zero-order valence-corrected chi connectivity index (χ0v) is 13.3. The highest BCUT2D eigenvalue weighted by Crippen LogP contribution is 2.27. The van der Waals surface area contributed by atoms with E-state index in [4.69, 9.17) is 4.74 Å². The lowest BCUT2D eigenvalue weighted by molar-refractivity contribution is 0.0727. The van der Waals surface area contributed by atoms with Crippen LogP contribution in [0.4, 0.5) is 4.79 Å². The first-order valence-electron chi connectivity index (χ1n) is 6.62. The number of aromatic nitrogens is 2. The average molecular weight is 320 g/mol. The summed E-state index contributed by atoms with van der Waals surface area (Å²) in [4.78, 5) is 32.6. The number of pyridine rings is 1. The number of nitrogens with zero attached hydrogens (tertiary/aromatic N) is 3. The van der Waals surface area contributed by atoms with Crippen molar-refractivity contribution in [3.05, 3.63) is 35.1 Å². The van der Waals surface area contributed by atoms with Gasteiger partial charge in [0.1, 0.15) is 9.88 Å². The molecule has 2 aromatic heterocycles. The second kappa shape index (κ2) is 6.99. The maximum Gasteiger partial charge on any atom is 0.428 e. The van der Waals surface area contributed by atoms with E-state index < -0.39 is 12.0 Å². The van der Waals surface area contributed by atoms with Gasteiger partial charge in [-0.3, -0.25) is 15.2 Å². The summed E-state index contributed by atoms with van der Waals surface area (Å²) in [6, 6.07) is 3.68. The Labute approximate surface area is 131 Å². The van der Waals surface area contributed by atoms with Crippen LogP contribution in [-0.2, 0) is 4.74 Å². The summed E-state index contributed by atoms with van der Waals surface area (Å²) in [5.41, 5.74) is 3.90. The molecule has 0 aromatic carbocycles. The predicted octanol–water partition coefficient (Wildman–Crippen LogP) is 2.25. The van der Waals surface area contributed by atoms with E-state index in [1.165, 1.54) is 18.4 Å². The van der Waals surface area contributed by atoms with Crippen molar-refractivity contribution >= 4 is 23.3 Å². The molecule has 0 aliphatic rings. The van der Waals surface area contributed by atoms with E-state index in [2.05, 4.69) is 15.4 Å². The van der Waals surface area contributed by atoms with Crippen LogP contribution >= 0.6 is 11.3 Å². The molecule has 0 saturated carbocycles. The van der Waals surface area contributed by atoms with Crippen LogP contribution in [0.15, 0.2) is 24.5 Å². The molecule has 0 aliphatic heterocycles. The summed E-state index contributed by atoms with van der Waals surface area (Å²) in [6.45, 7) is 3.68. The lowest BCUT2D eigenvalue weighted by Gasteiger charge is -2.16. The van der Waals surface area contributed by atoms with E-state index >= 15 is 0 Å². The summed E-state index contributed by atoms with van der Waals surface area (Å²) < 4.78 is 4.80. The molecule has 2 heterocycles. The number of thiazole rings is 1. The summed E-state index contributed by atoms with van der Waals surface area (Å²) >= 11 is 1.25. The van der Waals surface area contributed by atoms with Crippen LogP contribution < -0.4 is 5.43 Å². The Balaban J connectivity index is 2.14. The number of rotatable bonds is 3. The van der Waals surface area contributed by atoms with E-state index in [9.17, 15) is 9.59 Å². The highest BCUT2D eigenvalue weighted by molar-refractivity contribution is 7.17. The van der Waals surface area contributed by atoms with Crippen molar-refractivity contribution in [3.63, 3.8) is 0 Å². The third kappa shape index (κ3) is 3.59. The lowest BCUT2D eigenvalue weighted by atomic mass is 10.3. The van der Waals surface area contributed by atoms with E-state index in [1.807, 2.05) is 6.07 Å². The molecule has 0 unspecified atom stereocenters. The van der Waals surface area contributed by atoms with Crippen molar-refractivity contribution in [1.82, 2.24) is 20.4 Å². The first kappa shape index (κ1) is 15.9. The van der Waals surface area contributed by atoms with Crippen molar-refractivity contribution in [3.8, 4) is 10.6 Å². The largest absolute Gasteiger partial charge is 0.449 e. The van der Waals surface area contributed by atoms with Crippen LogP contribution in [0.1, 0.15) is 22.3 Å². The number of carbonyl (C=O) groups is 2. The first-order chi connectivity index (χ1) is 10.5. The first-order valence-corrected chi connectivity index (χ1v) is 7.43. The molecule has 1 N–H and O–H groups in total. The van der Waals surface area contributed by atoms with Crippen molar-refractivity contribution in [2.24, 2.45) is 0 Å². The number of aryl methyl sites for hydroxylation is 1. The van der Waals surface area contributed by atoms with Crippen molar-refractivity contribution < 1.29 is 14.3 Å². The minimum absolute atomic E-state index is 0.240. The van der Waals surface area contributed by atoms with Gasteiger partial charge in [-0.05, 0) is 26.0 Å². The van der Waals surface area contributed by atoms with E-state index in [1.54, 1.807) is 32.3 Å². The van der Waals surface area contributed by atoms with E-state index in [0.29, 0.717) is 15.6 Å². The number of hydrogen-bond donors (Lipinski definition) is 1. The van der Waals surface area contributed by atoms with Gasteiger partial charge in [-0.15, -0.1) is 11.3 Å². The van der Waals surface area contributed by atoms with Gasteiger partial charge in [0.2, 0.25) is 0 Å². The summed E-state index contributed by atoms with van der Waals surface area (Å²) in [7, 11) is 1.42. The number of hydrazine groups is 1. The smallest absolute Gasteiger partial charge is 0.428 e. The molecule has 0 radical (unpaired) electrons. The number of amides is 2. The zero-order valence-electron chi connectivity index (χ0n) is 12.5. The minimum atomic E-state index is -0.620. The van der Waals surface area contributed by atoms with Crippen molar-refractivity contribution in [2.45, 2.75) is 13.8 Å². The van der Waals surface area contributed by atoms with E-state index in [-0.39, 0.29) is 6.61 Å².